The van der Waals surface area contributed by atoms with Gasteiger partial charge in [-0.05, 0) is 55.0 Å². The standard InChI is InChI=1S/C20H20N6O2.C4H6N2/c1-10-5-16(20(28)22-2)23-8-13(10)15-6-12-7-17(26-19(27)11-3-4-11)24-9-14(12)18(21)25-15;1-6-4-2-3-5-6/h5-9,11H,3-4H2,1-2H3,(H2,21,25)(H,22,28)(H,24,26,27);2-4H,1H3. The lowest BCUT2D eigenvalue weighted by Crippen LogP contribution is -2.19. The molecule has 0 aromatic carbocycles. The van der Waals surface area contributed by atoms with Crippen LogP contribution < -0.4 is 16.4 Å². The average Bonchev–Trinajstić information content (AvgIpc) is 3.57. The Morgan fingerprint density at radius 1 is 1.15 bits per heavy atom. The summed E-state index contributed by atoms with van der Waals surface area (Å²) in [6.45, 7) is 1.89. The summed E-state index contributed by atoms with van der Waals surface area (Å²) in [6.07, 6.45) is 8.73. The number of aromatic nitrogens is 5. The minimum Gasteiger partial charge on any atom is -0.383 e. The molecular formula is C24H26N8O2. The summed E-state index contributed by atoms with van der Waals surface area (Å²) in [6, 6.07) is 7.27. The van der Waals surface area contributed by atoms with Crippen molar-refractivity contribution in [3.05, 3.63) is 60.3 Å². The van der Waals surface area contributed by atoms with E-state index in [1.54, 1.807) is 42.5 Å². The number of hydrogen-bond acceptors (Lipinski definition) is 7. The molecule has 10 nitrogen and oxygen atoms in total. The number of nitrogens with zero attached hydrogens (tertiary/aromatic N) is 5. The Morgan fingerprint density at radius 3 is 2.53 bits per heavy atom. The van der Waals surface area contributed by atoms with Gasteiger partial charge in [0.05, 0.1) is 5.69 Å². The number of rotatable bonds is 4. The van der Waals surface area contributed by atoms with Crippen LogP contribution in [0.2, 0.25) is 0 Å². The zero-order valence-electron chi connectivity index (χ0n) is 19.2. The molecule has 0 saturated heterocycles. The second-order valence-electron chi connectivity index (χ2n) is 8.09. The molecule has 4 N–H and O–H groups in total. The van der Waals surface area contributed by atoms with Crippen molar-refractivity contribution in [2.24, 2.45) is 13.0 Å². The van der Waals surface area contributed by atoms with Crippen LogP contribution in [0.1, 0.15) is 28.9 Å². The molecule has 0 aliphatic heterocycles. The number of pyridine rings is 3. The Bertz CT molecular complexity index is 1350. The fourth-order valence-electron chi connectivity index (χ4n) is 3.38. The summed E-state index contributed by atoms with van der Waals surface area (Å²) in [5, 5.41) is 10.8. The molecule has 174 valence electrons. The van der Waals surface area contributed by atoms with Crippen molar-refractivity contribution in [1.82, 2.24) is 30.0 Å². The van der Waals surface area contributed by atoms with E-state index in [4.69, 9.17) is 5.73 Å². The van der Waals surface area contributed by atoms with Gasteiger partial charge in [-0.1, -0.05) is 0 Å². The number of nitrogens with one attached hydrogen (secondary N) is 2. The van der Waals surface area contributed by atoms with E-state index in [1.807, 2.05) is 32.3 Å². The highest BCUT2D eigenvalue weighted by Gasteiger charge is 2.29. The van der Waals surface area contributed by atoms with Gasteiger partial charge in [0.2, 0.25) is 5.91 Å². The maximum Gasteiger partial charge on any atom is 0.269 e. The minimum atomic E-state index is -0.247. The molecular weight excluding hydrogens is 432 g/mol. The Kier molecular flexibility index (Phi) is 6.48. The van der Waals surface area contributed by atoms with Gasteiger partial charge in [-0.25, -0.2) is 9.97 Å². The van der Waals surface area contributed by atoms with Crippen LogP contribution in [0.25, 0.3) is 22.0 Å². The summed E-state index contributed by atoms with van der Waals surface area (Å²) in [5.41, 5.74) is 8.75. The van der Waals surface area contributed by atoms with E-state index in [1.165, 1.54) is 0 Å². The largest absolute Gasteiger partial charge is 0.383 e. The van der Waals surface area contributed by atoms with Gasteiger partial charge in [0, 0.05) is 55.8 Å². The molecule has 2 amide bonds. The Morgan fingerprint density at radius 2 is 1.94 bits per heavy atom. The van der Waals surface area contributed by atoms with Gasteiger partial charge in [-0.15, -0.1) is 0 Å². The fourth-order valence-corrected chi connectivity index (χ4v) is 3.38. The lowest BCUT2D eigenvalue weighted by molar-refractivity contribution is -0.117. The summed E-state index contributed by atoms with van der Waals surface area (Å²) >= 11 is 0. The van der Waals surface area contributed by atoms with Gasteiger partial charge < -0.3 is 16.4 Å². The molecule has 34 heavy (non-hydrogen) atoms. The maximum atomic E-state index is 12.0. The van der Waals surface area contributed by atoms with Crippen molar-refractivity contribution in [2.45, 2.75) is 19.8 Å². The zero-order chi connectivity index (χ0) is 24.2. The highest BCUT2D eigenvalue weighted by atomic mass is 16.2. The third-order valence-electron chi connectivity index (χ3n) is 5.43. The first-order valence-corrected chi connectivity index (χ1v) is 10.9. The highest BCUT2D eigenvalue weighted by Crippen LogP contribution is 2.31. The number of fused-ring (bicyclic) bond motifs is 1. The topological polar surface area (TPSA) is 141 Å². The molecule has 0 bridgehead atoms. The van der Waals surface area contributed by atoms with Crippen molar-refractivity contribution in [1.29, 1.82) is 0 Å². The van der Waals surface area contributed by atoms with Crippen LogP contribution in [0.3, 0.4) is 0 Å². The van der Waals surface area contributed by atoms with E-state index >= 15 is 0 Å². The summed E-state index contributed by atoms with van der Waals surface area (Å²) in [4.78, 5) is 36.7. The molecule has 4 aromatic rings. The molecule has 5 rings (SSSR count). The fraction of sp³-hybridized carbons (Fsp3) is 0.250. The molecule has 0 atom stereocenters. The molecule has 0 radical (unpaired) electrons. The number of anilines is 2. The van der Waals surface area contributed by atoms with Crippen LogP contribution in [0, 0.1) is 12.8 Å². The number of carbonyl (C=O) groups excluding carboxylic acids is 2. The molecule has 1 fully saturated rings. The van der Waals surface area contributed by atoms with Gasteiger partial charge in [-0.3, -0.25) is 19.3 Å². The number of carbonyl (C=O) groups is 2. The summed E-state index contributed by atoms with van der Waals surface area (Å²) in [7, 11) is 3.45. The van der Waals surface area contributed by atoms with Crippen molar-refractivity contribution in [3.63, 3.8) is 0 Å². The van der Waals surface area contributed by atoms with Crippen molar-refractivity contribution >= 4 is 34.2 Å². The van der Waals surface area contributed by atoms with Crippen molar-refractivity contribution in [3.8, 4) is 11.3 Å². The van der Waals surface area contributed by atoms with Crippen LogP contribution >= 0.6 is 0 Å². The van der Waals surface area contributed by atoms with Crippen LogP contribution in [0.5, 0.6) is 0 Å². The first-order valence-electron chi connectivity index (χ1n) is 10.9. The molecule has 10 heteroatoms. The molecule has 0 unspecified atom stereocenters. The van der Waals surface area contributed by atoms with Crippen LogP contribution in [-0.2, 0) is 11.8 Å². The smallest absolute Gasteiger partial charge is 0.269 e. The quantitative estimate of drug-likeness (QED) is 0.427. The van der Waals surface area contributed by atoms with E-state index in [9.17, 15) is 9.59 Å². The predicted octanol–water partition coefficient (Wildman–Crippen LogP) is 2.71. The molecule has 1 saturated carbocycles. The van der Waals surface area contributed by atoms with E-state index in [2.05, 4.69) is 30.7 Å². The Balaban J connectivity index is 0.000000398. The first-order chi connectivity index (χ1) is 16.4. The van der Waals surface area contributed by atoms with Crippen molar-refractivity contribution in [2.75, 3.05) is 18.1 Å². The number of nitrogen functional groups attached to an aromatic ring is 1. The normalized spacial score (nSPS) is 12.6. The monoisotopic (exact) mass is 458 g/mol. The van der Waals surface area contributed by atoms with Crippen molar-refractivity contribution < 1.29 is 9.59 Å². The van der Waals surface area contributed by atoms with E-state index in [0.717, 1.165) is 29.4 Å². The average molecular weight is 459 g/mol. The number of hydrogen-bond donors (Lipinski definition) is 3. The summed E-state index contributed by atoms with van der Waals surface area (Å²) < 4.78 is 1.75. The molecule has 0 spiro atoms. The SMILES string of the molecule is CNC(=O)c1cc(C)c(-c2cc3cc(NC(=O)C4CC4)ncc3c(N)n2)cn1.Cn1cccn1. The van der Waals surface area contributed by atoms with Crippen LogP contribution in [0.15, 0.2) is 49.1 Å². The predicted molar refractivity (Wildman–Crippen MR) is 130 cm³/mol. The second kappa shape index (κ2) is 9.65. The number of amides is 2. The third kappa shape index (κ3) is 5.17. The molecule has 4 aromatic heterocycles. The highest BCUT2D eigenvalue weighted by molar-refractivity contribution is 5.98. The van der Waals surface area contributed by atoms with Gasteiger partial charge >= 0.3 is 0 Å². The van der Waals surface area contributed by atoms with Gasteiger partial charge in [-0.2, -0.15) is 5.10 Å². The third-order valence-corrected chi connectivity index (χ3v) is 5.43. The van der Waals surface area contributed by atoms with E-state index in [-0.39, 0.29) is 17.7 Å². The maximum absolute atomic E-state index is 12.0. The van der Waals surface area contributed by atoms with E-state index in [0.29, 0.717) is 28.4 Å². The van der Waals surface area contributed by atoms with Gasteiger partial charge in [0.15, 0.2) is 0 Å². The van der Waals surface area contributed by atoms with E-state index < -0.39 is 0 Å². The molecule has 1 aliphatic carbocycles. The Hall–Kier alpha value is -4.34. The summed E-state index contributed by atoms with van der Waals surface area (Å²) in [5.74, 6) is 0.686. The first kappa shape index (κ1) is 22.8. The van der Waals surface area contributed by atoms with Crippen LogP contribution in [-0.4, -0.2) is 43.6 Å². The lowest BCUT2D eigenvalue weighted by Gasteiger charge is -2.11. The molecule has 4 heterocycles. The number of nitrogens with two attached hydrogens (primary N) is 1. The Labute approximate surface area is 196 Å². The van der Waals surface area contributed by atoms with Gasteiger partial charge in [0.1, 0.15) is 17.3 Å². The second-order valence-corrected chi connectivity index (χ2v) is 8.09. The lowest BCUT2D eigenvalue weighted by atomic mass is 10.0. The molecule has 1 aliphatic rings. The zero-order valence-corrected chi connectivity index (χ0v) is 19.2. The van der Waals surface area contributed by atoms with Crippen LogP contribution in [0.4, 0.5) is 11.6 Å². The minimum absolute atomic E-state index is 0.000986. The van der Waals surface area contributed by atoms with Gasteiger partial charge in [0.25, 0.3) is 5.91 Å². The number of aryl methyl sites for hydroxylation is 2.